The Morgan fingerprint density at radius 2 is 1.90 bits per heavy atom. The van der Waals surface area contributed by atoms with Crippen molar-refractivity contribution in [3.63, 3.8) is 0 Å². The Balaban J connectivity index is 1.74. The molecule has 0 aromatic heterocycles. The number of unbranched alkanes of at least 4 members (excludes halogenated alkanes) is 1. The molecule has 0 radical (unpaired) electrons. The largest absolute Gasteiger partial charge is 0.491 e. The molecule has 0 amide bonds. The molecular weight excluding hydrogens is 489 g/mol. The van der Waals surface area contributed by atoms with Crippen LogP contribution in [0.5, 0.6) is 11.5 Å². The van der Waals surface area contributed by atoms with Crippen molar-refractivity contribution in [2.24, 2.45) is 0 Å². The molecule has 5 heteroatoms. The zero-order valence-corrected chi connectivity index (χ0v) is 20.4. The van der Waals surface area contributed by atoms with Gasteiger partial charge in [0.2, 0.25) is 0 Å². The van der Waals surface area contributed by atoms with E-state index in [1.54, 1.807) is 0 Å². The van der Waals surface area contributed by atoms with Crippen LogP contribution in [0.2, 0.25) is 0 Å². The lowest BCUT2D eigenvalue weighted by molar-refractivity contribution is 0.0886. The molecule has 2 aromatic rings. The molecule has 0 saturated carbocycles. The van der Waals surface area contributed by atoms with Gasteiger partial charge in [0.05, 0.1) is 9.49 Å². The van der Waals surface area contributed by atoms with Gasteiger partial charge in [-0.05, 0) is 66.4 Å². The summed E-state index contributed by atoms with van der Waals surface area (Å²) in [6.07, 6.45) is 2.96. The van der Waals surface area contributed by atoms with Gasteiger partial charge >= 0.3 is 0 Å². The molecule has 0 aliphatic carbocycles. The molecule has 162 valence electrons. The molecular formula is C25H32INO3. The van der Waals surface area contributed by atoms with Crippen LogP contribution in [0.25, 0.3) is 0 Å². The van der Waals surface area contributed by atoms with Gasteiger partial charge in [-0.3, -0.25) is 4.79 Å². The van der Waals surface area contributed by atoms with E-state index in [4.69, 9.17) is 9.47 Å². The molecule has 0 bridgehead atoms. The topological polar surface area (TPSA) is 38.8 Å². The molecule has 0 unspecified atom stereocenters. The minimum atomic E-state index is -0.238. The van der Waals surface area contributed by atoms with Gasteiger partial charge in [-0.2, -0.15) is 0 Å². The highest BCUT2D eigenvalue weighted by Gasteiger charge is 2.39. The van der Waals surface area contributed by atoms with Crippen molar-refractivity contribution >= 4 is 28.4 Å². The van der Waals surface area contributed by atoms with Crippen LogP contribution in [0.15, 0.2) is 42.5 Å². The molecule has 1 aliphatic rings. The van der Waals surface area contributed by atoms with E-state index >= 15 is 0 Å². The predicted octanol–water partition coefficient (Wildman–Crippen LogP) is 5.93. The highest BCUT2D eigenvalue weighted by atomic mass is 127. The lowest BCUT2D eigenvalue weighted by Gasteiger charge is -2.19. The Morgan fingerprint density at radius 1 is 1.13 bits per heavy atom. The molecule has 2 atom stereocenters. The minimum absolute atomic E-state index is 0.0856. The van der Waals surface area contributed by atoms with E-state index in [9.17, 15) is 4.79 Å². The van der Waals surface area contributed by atoms with E-state index < -0.39 is 0 Å². The number of hydrogen-bond acceptors (Lipinski definition) is 4. The first-order chi connectivity index (χ1) is 14.6. The standard InChI is InChI=1S/C25H32INO3/c1-4-7-11-23-24(19-10-8-9-12-21(19)30-23)25(28)18-13-14-22(20(26)17-18)29-16-15-27(5-2)6-3/h8-10,12-14,17,23-24H,4-7,11,15-16H2,1-3H3/t23-,24-/m0/s1. The Hall–Kier alpha value is -1.60. The normalized spacial score (nSPS) is 17.6. The number of halogens is 1. The smallest absolute Gasteiger partial charge is 0.174 e. The van der Waals surface area contributed by atoms with Crippen LogP contribution < -0.4 is 9.47 Å². The van der Waals surface area contributed by atoms with Crippen molar-refractivity contribution in [2.45, 2.75) is 52.1 Å². The molecule has 30 heavy (non-hydrogen) atoms. The highest BCUT2D eigenvalue weighted by Crippen LogP contribution is 2.42. The summed E-state index contributed by atoms with van der Waals surface area (Å²) in [7, 11) is 0. The van der Waals surface area contributed by atoms with Crippen LogP contribution in [0.3, 0.4) is 0 Å². The Bertz CT molecular complexity index is 850. The van der Waals surface area contributed by atoms with Crippen LogP contribution in [-0.4, -0.2) is 43.0 Å². The van der Waals surface area contributed by atoms with Gasteiger partial charge in [0, 0.05) is 17.7 Å². The van der Waals surface area contributed by atoms with Crippen molar-refractivity contribution in [3.05, 3.63) is 57.2 Å². The molecule has 0 saturated heterocycles. The molecule has 4 nitrogen and oxygen atoms in total. The molecule has 0 fully saturated rings. The number of para-hydroxylation sites is 1. The van der Waals surface area contributed by atoms with Crippen LogP contribution in [-0.2, 0) is 0 Å². The van der Waals surface area contributed by atoms with Crippen molar-refractivity contribution in [1.29, 1.82) is 0 Å². The van der Waals surface area contributed by atoms with E-state index in [1.807, 2.05) is 42.5 Å². The van der Waals surface area contributed by atoms with Gasteiger partial charge in [0.15, 0.2) is 5.78 Å². The number of rotatable bonds is 11. The SMILES string of the molecule is CCCC[C@@H]1Oc2ccccc2[C@@H]1C(=O)c1ccc(OCCN(CC)CC)c(I)c1. The van der Waals surface area contributed by atoms with Crippen LogP contribution in [0, 0.1) is 3.57 Å². The zero-order valence-electron chi connectivity index (χ0n) is 18.2. The predicted molar refractivity (Wildman–Crippen MR) is 130 cm³/mol. The quantitative estimate of drug-likeness (QED) is 0.272. The molecule has 1 aliphatic heterocycles. The third kappa shape index (κ3) is 5.35. The second-order valence-corrected chi connectivity index (χ2v) is 8.86. The number of carbonyl (C=O) groups excluding carboxylic acids is 1. The van der Waals surface area contributed by atoms with Crippen LogP contribution >= 0.6 is 22.6 Å². The number of benzene rings is 2. The minimum Gasteiger partial charge on any atom is -0.491 e. The number of ketones is 1. The van der Waals surface area contributed by atoms with Gasteiger partial charge < -0.3 is 14.4 Å². The van der Waals surface area contributed by atoms with E-state index in [-0.39, 0.29) is 17.8 Å². The Kier molecular flexibility index (Phi) is 8.57. The van der Waals surface area contributed by atoms with Crippen molar-refractivity contribution in [2.75, 3.05) is 26.2 Å². The first-order valence-electron chi connectivity index (χ1n) is 11.0. The molecule has 1 heterocycles. The Labute approximate surface area is 194 Å². The summed E-state index contributed by atoms with van der Waals surface area (Å²) >= 11 is 2.26. The maximum absolute atomic E-state index is 13.5. The first-order valence-corrected chi connectivity index (χ1v) is 12.1. The van der Waals surface area contributed by atoms with Gasteiger partial charge in [0.25, 0.3) is 0 Å². The van der Waals surface area contributed by atoms with Gasteiger partial charge in [0.1, 0.15) is 24.2 Å². The summed E-state index contributed by atoms with van der Waals surface area (Å²) in [5.41, 5.74) is 1.74. The summed E-state index contributed by atoms with van der Waals surface area (Å²) < 4.78 is 13.1. The molecule has 2 aromatic carbocycles. The average molecular weight is 521 g/mol. The highest BCUT2D eigenvalue weighted by molar-refractivity contribution is 14.1. The number of likely N-dealkylation sites (N-methyl/N-ethyl adjacent to an activating group) is 1. The van der Waals surface area contributed by atoms with Crippen LogP contribution in [0.4, 0.5) is 0 Å². The van der Waals surface area contributed by atoms with E-state index in [0.717, 1.165) is 65.1 Å². The third-order valence-electron chi connectivity index (χ3n) is 5.80. The monoisotopic (exact) mass is 521 g/mol. The fraction of sp³-hybridized carbons (Fsp3) is 0.480. The molecule has 3 rings (SSSR count). The second-order valence-electron chi connectivity index (χ2n) is 7.70. The van der Waals surface area contributed by atoms with E-state index in [1.165, 1.54) is 0 Å². The lowest BCUT2D eigenvalue weighted by atomic mass is 9.86. The maximum Gasteiger partial charge on any atom is 0.174 e. The number of carbonyl (C=O) groups is 1. The number of Topliss-reactive ketones (excluding diaryl/α,β-unsaturated/α-hetero) is 1. The summed E-state index contributed by atoms with van der Waals surface area (Å²) in [6.45, 7) is 10.1. The van der Waals surface area contributed by atoms with Gasteiger partial charge in [-0.25, -0.2) is 0 Å². The van der Waals surface area contributed by atoms with Crippen molar-refractivity contribution < 1.29 is 14.3 Å². The molecule has 0 N–H and O–H groups in total. The number of ether oxygens (including phenoxy) is 2. The van der Waals surface area contributed by atoms with Gasteiger partial charge in [-0.1, -0.05) is 51.8 Å². The fourth-order valence-electron chi connectivity index (χ4n) is 3.99. The zero-order chi connectivity index (χ0) is 21.5. The van der Waals surface area contributed by atoms with E-state index in [0.29, 0.717) is 6.61 Å². The summed E-state index contributed by atoms with van der Waals surface area (Å²) in [5, 5.41) is 0. The maximum atomic E-state index is 13.5. The third-order valence-corrected chi connectivity index (χ3v) is 6.65. The van der Waals surface area contributed by atoms with Gasteiger partial charge in [-0.15, -0.1) is 0 Å². The number of fused-ring (bicyclic) bond motifs is 1. The molecule has 0 spiro atoms. The van der Waals surface area contributed by atoms with E-state index in [2.05, 4.69) is 48.3 Å². The number of nitrogens with zero attached hydrogens (tertiary/aromatic N) is 1. The fourth-order valence-corrected chi connectivity index (χ4v) is 4.66. The number of hydrogen-bond donors (Lipinski definition) is 0. The van der Waals surface area contributed by atoms with Crippen molar-refractivity contribution in [1.82, 2.24) is 4.90 Å². The first kappa shape index (κ1) is 23.1. The Morgan fingerprint density at radius 3 is 2.60 bits per heavy atom. The lowest BCUT2D eigenvalue weighted by Crippen LogP contribution is -2.28. The summed E-state index contributed by atoms with van der Waals surface area (Å²) in [5.74, 6) is 1.58. The average Bonchev–Trinajstić information content (AvgIpc) is 3.14. The van der Waals surface area contributed by atoms with Crippen molar-refractivity contribution in [3.8, 4) is 11.5 Å². The summed E-state index contributed by atoms with van der Waals surface area (Å²) in [6, 6.07) is 13.7. The second kappa shape index (κ2) is 11.1. The van der Waals surface area contributed by atoms with Crippen LogP contribution in [0.1, 0.15) is 61.9 Å². The summed E-state index contributed by atoms with van der Waals surface area (Å²) in [4.78, 5) is 15.8.